The van der Waals surface area contributed by atoms with Crippen molar-refractivity contribution in [1.82, 2.24) is 0 Å². The minimum Gasteiger partial charge on any atom is -0.486 e. The first kappa shape index (κ1) is 17.8. The topological polar surface area (TPSA) is 84.9 Å². The largest absolute Gasteiger partial charge is 0.486 e. The van der Waals surface area contributed by atoms with Crippen molar-refractivity contribution >= 4 is 38.1 Å². The van der Waals surface area contributed by atoms with Crippen LogP contribution in [0.5, 0.6) is 11.5 Å². The SMILES string of the molecule is C[C@H](C(=O)Nc1ccc2c(c1)OCCO2)N1c2cccc3cccc(c23)S1(=O)=O. The Labute approximate surface area is 167 Å². The van der Waals surface area contributed by atoms with Crippen LogP contribution >= 0.6 is 0 Å². The predicted molar refractivity (Wildman–Crippen MR) is 109 cm³/mol. The standard InChI is InChI=1S/C21H18N2O5S/c1-13(21(24)22-15-8-9-17-18(12-15)28-11-10-27-17)23-16-6-2-4-14-5-3-7-19(20(14)16)29(23,25)26/h2-9,12-13H,10-11H2,1H3,(H,22,24)/t13-/m1/s1. The number of nitrogens with one attached hydrogen (secondary N) is 1. The highest BCUT2D eigenvalue weighted by Gasteiger charge is 2.40. The van der Waals surface area contributed by atoms with Gasteiger partial charge in [0.05, 0.1) is 10.6 Å². The third kappa shape index (κ3) is 2.71. The number of amides is 1. The van der Waals surface area contributed by atoms with E-state index < -0.39 is 22.0 Å². The summed E-state index contributed by atoms with van der Waals surface area (Å²) < 4.78 is 38.5. The highest BCUT2D eigenvalue weighted by Crippen LogP contribution is 2.43. The molecular weight excluding hydrogens is 392 g/mol. The summed E-state index contributed by atoms with van der Waals surface area (Å²) in [6.07, 6.45) is 0. The summed E-state index contributed by atoms with van der Waals surface area (Å²) in [7, 11) is -3.82. The number of sulfonamides is 1. The van der Waals surface area contributed by atoms with Crippen LogP contribution in [0, 0.1) is 0 Å². The van der Waals surface area contributed by atoms with E-state index in [0.717, 1.165) is 5.39 Å². The van der Waals surface area contributed by atoms with E-state index in [1.54, 1.807) is 49.4 Å². The van der Waals surface area contributed by atoms with E-state index in [9.17, 15) is 13.2 Å². The Hall–Kier alpha value is -3.26. The summed E-state index contributed by atoms with van der Waals surface area (Å²) in [6.45, 7) is 2.50. The number of hydrogen-bond acceptors (Lipinski definition) is 5. The van der Waals surface area contributed by atoms with Crippen molar-refractivity contribution in [2.24, 2.45) is 0 Å². The van der Waals surface area contributed by atoms with Gasteiger partial charge >= 0.3 is 0 Å². The first-order chi connectivity index (χ1) is 14.0. The maximum atomic E-state index is 13.2. The number of anilines is 2. The van der Waals surface area contributed by atoms with E-state index in [4.69, 9.17) is 9.47 Å². The summed E-state index contributed by atoms with van der Waals surface area (Å²) in [5, 5.41) is 4.26. The average Bonchev–Trinajstić information content (AvgIpc) is 2.96. The summed E-state index contributed by atoms with van der Waals surface area (Å²) in [6, 6.07) is 14.7. The summed E-state index contributed by atoms with van der Waals surface area (Å²) in [5.41, 5.74) is 1.03. The minimum atomic E-state index is -3.82. The molecule has 2 aliphatic heterocycles. The first-order valence-corrected chi connectivity index (χ1v) is 10.7. The zero-order chi connectivity index (χ0) is 20.2. The lowest BCUT2D eigenvalue weighted by Crippen LogP contribution is -2.44. The Morgan fingerprint density at radius 3 is 2.55 bits per heavy atom. The van der Waals surface area contributed by atoms with Crippen LogP contribution in [0.15, 0.2) is 59.5 Å². The molecule has 0 aliphatic carbocycles. The molecule has 2 heterocycles. The zero-order valence-electron chi connectivity index (χ0n) is 15.6. The van der Waals surface area contributed by atoms with Crippen LogP contribution in [0.1, 0.15) is 6.92 Å². The molecule has 7 nitrogen and oxygen atoms in total. The van der Waals surface area contributed by atoms with Gasteiger partial charge in [-0.15, -0.1) is 0 Å². The van der Waals surface area contributed by atoms with Crippen LogP contribution in [0.2, 0.25) is 0 Å². The minimum absolute atomic E-state index is 0.226. The fourth-order valence-electron chi connectivity index (χ4n) is 3.81. The number of benzene rings is 3. The van der Waals surface area contributed by atoms with Gasteiger partial charge < -0.3 is 14.8 Å². The molecular formula is C21H18N2O5S. The van der Waals surface area contributed by atoms with Gasteiger partial charge in [-0.05, 0) is 36.6 Å². The summed E-state index contributed by atoms with van der Waals surface area (Å²) >= 11 is 0. The molecule has 1 N–H and O–H groups in total. The Kier molecular flexibility index (Phi) is 3.92. The molecule has 0 spiro atoms. The van der Waals surface area contributed by atoms with Gasteiger partial charge in [0, 0.05) is 17.1 Å². The van der Waals surface area contributed by atoms with E-state index in [2.05, 4.69) is 5.32 Å². The number of nitrogens with zero attached hydrogens (tertiary/aromatic N) is 1. The number of fused-ring (bicyclic) bond motifs is 1. The summed E-state index contributed by atoms with van der Waals surface area (Å²) in [5.74, 6) is 0.731. The van der Waals surface area contributed by atoms with E-state index in [1.165, 1.54) is 4.31 Å². The van der Waals surface area contributed by atoms with E-state index >= 15 is 0 Å². The lowest BCUT2D eigenvalue weighted by Gasteiger charge is -2.25. The van der Waals surface area contributed by atoms with Crippen LogP contribution < -0.4 is 19.1 Å². The van der Waals surface area contributed by atoms with Crippen LogP contribution in [-0.4, -0.2) is 33.6 Å². The van der Waals surface area contributed by atoms with Crippen molar-refractivity contribution in [1.29, 1.82) is 0 Å². The number of carbonyl (C=O) groups is 1. The summed E-state index contributed by atoms with van der Waals surface area (Å²) in [4.78, 5) is 13.2. The van der Waals surface area contributed by atoms with Crippen LogP contribution in [-0.2, 0) is 14.8 Å². The molecule has 0 aromatic heterocycles. The van der Waals surface area contributed by atoms with Gasteiger partial charge in [0.1, 0.15) is 19.3 Å². The highest BCUT2D eigenvalue weighted by molar-refractivity contribution is 7.93. The number of hydrogen-bond donors (Lipinski definition) is 1. The first-order valence-electron chi connectivity index (χ1n) is 9.23. The fraction of sp³-hybridized carbons (Fsp3) is 0.190. The second-order valence-corrected chi connectivity index (χ2v) is 8.74. The molecule has 1 amide bonds. The molecule has 148 valence electrons. The Morgan fingerprint density at radius 1 is 1.03 bits per heavy atom. The molecule has 8 heteroatoms. The molecule has 0 fully saturated rings. The molecule has 0 saturated carbocycles. The molecule has 3 aromatic carbocycles. The second kappa shape index (κ2) is 6.38. The lowest BCUT2D eigenvalue weighted by atomic mass is 10.1. The van der Waals surface area contributed by atoms with Gasteiger partial charge in [-0.1, -0.05) is 24.3 Å². The predicted octanol–water partition coefficient (Wildman–Crippen LogP) is 3.15. The molecule has 0 unspecified atom stereocenters. The van der Waals surface area contributed by atoms with Crippen molar-refractivity contribution < 1.29 is 22.7 Å². The fourth-order valence-corrected chi connectivity index (χ4v) is 5.68. The van der Waals surface area contributed by atoms with Crippen molar-refractivity contribution in [2.75, 3.05) is 22.8 Å². The normalized spacial score (nSPS) is 17.2. The highest BCUT2D eigenvalue weighted by atomic mass is 32.2. The Morgan fingerprint density at radius 2 is 1.76 bits per heavy atom. The van der Waals surface area contributed by atoms with Crippen molar-refractivity contribution in [3.05, 3.63) is 54.6 Å². The van der Waals surface area contributed by atoms with Crippen LogP contribution in [0.25, 0.3) is 10.8 Å². The third-order valence-corrected chi connectivity index (χ3v) is 7.09. The maximum Gasteiger partial charge on any atom is 0.265 e. The van der Waals surface area contributed by atoms with E-state index in [1.807, 2.05) is 12.1 Å². The molecule has 0 bridgehead atoms. The van der Waals surface area contributed by atoms with E-state index in [0.29, 0.717) is 41.5 Å². The molecule has 0 saturated heterocycles. The smallest absolute Gasteiger partial charge is 0.265 e. The molecule has 5 rings (SSSR count). The number of carbonyl (C=O) groups excluding carboxylic acids is 1. The Balaban J connectivity index is 1.47. The maximum absolute atomic E-state index is 13.2. The number of ether oxygens (including phenoxy) is 2. The molecule has 29 heavy (non-hydrogen) atoms. The van der Waals surface area contributed by atoms with Gasteiger partial charge in [-0.3, -0.25) is 9.10 Å². The van der Waals surface area contributed by atoms with Gasteiger partial charge in [-0.25, -0.2) is 8.42 Å². The van der Waals surface area contributed by atoms with Gasteiger partial charge in [-0.2, -0.15) is 0 Å². The van der Waals surface area contributed by atoms with Crippen molar-refractivity contribution in [3.8, 4) is 11.5 Å². The average molecular weight is 410 g/mol. The van der Waals surface area contributed by atoms with Crippen LogP contribution in [0.4, 0.5) is 11.4 Å². The van der Waals surface area contributed by atoms with Crippen molar-refractivity contribution in [3.63, 3.8) is 0 Å². The third-order valence-electron chi connectivity index (χ3n) is 5.16. The monoisotopic (exact) mass is 410 g/mol. The quantitative estimate of drug-likeness (QED) is 0.717. The van der Waals surface area contributed by atoms with Gasteiger partial charge in [0.15, 0.2) is 11.5 Å². The molecule has 1 atom stereocenters. The van der Waals surface area contributed by atoms with Crippen molar-refractivity contribution in [2.45, 2.75) is 17.9 Å². The number of rotatable bonds is 3. The van der Waals surface area contributed by atoms with Gasteiger partial charge in [0.2, 0.25) is 5.91 Å². The molecule has 3 aromatic rings. The Bertz CT molecular complexity index is 1250. The zero-order valence-corrected chi connectivity index (χ0v) is 16.4. The lowest BCUT2D eigenvalue weighted by molar-refractivity contribution is -0.116. The molecule has 2 aliphatic rings. The van der Waals surface area contributed by atoms with Crippen LogP contribution in [0.3, 0.4) is 0 Å². The molecule has 0 radical (unpaired) electrons. The van der Waals surface area contributed by atoms with Gasteiger partial charge in [0.25, 0.3) is 10.0 Å². The second-order valence-electron chi connectivity index (χ2n) is 6.96. The van der Waals surface area contributed by atoms with E-state index in [-0.39, 0.29) is 4.90 Å².